The molecule has 1 aromatic carbocycles. The average molecular weight is 191 g/mol. The van der Waals surface area contributed by atoms with Crippen LogP contribution in [-0.2, 0) is 0 Å². The molecule has 0 saturated carbocycles. The Morgan fingerprint density at radius 3 is 2.71 bits per heavy atom. The molecule has 14 heavy (non-hydrogen) atoms. The fourth-order valence-corrected chi connectivity index (χ4v) is 1.42. The molecule has 1 aromatic rings. The van der Waals surface area contributed by atoms with Crippen molar-refractivity contribution in [2.24, 2.45) is 5.73 Å². The molecule has 0 amide bonds. The summed E-state index contributed by atoms with van der Waals surface area (Å²) < 4.78 is 5.19. The Hall–Kier alpha value is -1.28. The first-order valence-corrected chi connectivity index (χ1v) is 4.72. The molecule has 0 heterocycles. The Labute approximate surface area is 85.4 Å². The van der Waals surface area contributed by atoms with Crippen LogP contribution < -0.4 is 10.5 Å². The highest BCUT2D eigenvalue weighted by molar-refractivity contribution is 5.65. The maximum atomic E-state index is 5.48. The van der Waals surface area contributed by atoms with Crippen molar-refractivity contribution in [2.45, 2.75) is 13.3 Å². The molecule has 0 bridgehead atoms. The SMILES string of the molecule is C=C(CCN)c1ccc(OC)c(C)c1. The first-order valence-electron chi connectivity index (χ1n) is 4.72. The molecular weight excluding hydrogens is 174 g/mol. The molecule has 76 valence electrons. The van der Waals surface area contributed by atoms with E-state index in [1.807, 2.05) is 19.1 Å². The largest absolute Gasteiger partial charge is 0.496 e. The van der Waals surface area contributed by atoms with Crippen molar-refractivity contribution >= 4 is 5.57 Å². The molecule has 0 aromatic heterocycles. The van der Waals surface area contributed by atoms with Gasteiger partial charge in [-0.05, 0) is 48.7 Å². The lowest BCUT2D eigenvalue weighted by Crippen LogP contribution is -1.99. The summed E-state index contributed by atoms with van der Waals surface area (Å²) in [6.07, 6.45) is 0.839. The van der Waals surface area contributed by atoms with E-state index < -0.39 is 0 Å². The smallest absolute Gasteiger partial charge is 0.121 e. The molecule has 2 N–H and O–H groups in total. The molecule has 0 saturated heterocycles. The summed E-state index contributed by atoms with van der Waals surface area (Å²) in [5, 5.41) is 0. The van der Waals surface area contributed by atoms with Gasteiger partial charge in [-0.1, -0.05) is 12.6 Å². The van der Waals surface area contributed by atoms with E-state index >= 15 is 0 Å². The second-order valence-corrected chi connectivity index (χ2v) is 3.33. The molecule has 1 rings (SSSR count). The maximum Gasteiger partial charge on any atom is 0.121 e. The van der Waals surface area contributed by atoms with E-state index in [0.29, 0.717) is 6.54 Å². The van der Waals surface area contributed by atoms with Crippen molar-refractivity contribution in [1.82, 2.24) is 0 Å². The van der Waals surface area contributed by atoms with Crippen molar-refractivity contribution in [1.29, 1.82) is 0 Å². The van der Waals surface area contributed by atoms with E-state index in [9.17, 15) is 0 Å². The number of hydrogen-bond acceptors (Lipinski definition) is 2. The van der Waals surface area contributed by atoms with Gasteiger partial charge in [0, 0.05) is 0 Å². The lowest BCUT2D eigenvalue weighted by atomic mass is 10.0. The van der Waals surface area contributed by atoms with Gasteiger partial charge in [-0.25, -0.2) is 0 Å². The minimum atomic E-state index is 0.643. The standard InChI is InChI=1S/C12H17NO/c1-9(6-7-13)11-4-5-12(14-3)10(2)8-11/h4-5,8H,1,6-7,13H2,2-3H3. The van der Waals surface area contributed by atoms with Gasteiger partial charge in [0.15, 0.2) is 0 Å². The number of methoxy groups -OCH3 is 1. The Morgan fingerprint density at radius 2 is 2.21 bits per heavy atom. The van der Waals surface area contributed by atoms with E-state index in [1.165, 1.54) is 0 Å². The van der Waals surface area contributed by atoms with Crippen LogP contribution >= 0.6 is 0 Å². The predicted molar refractivity (Wildman–Crippen MR) is 60.4 cm³/mol. The quantitative estimate of drug-likeness (QED) is 0.793. The molecule has 2 heteroatoms. The monoisotopic (exact) mass is 191 g/mol. The zero-order valence-electron chi connectivity index (χ0n) is 8.84. The minimum Gasteiger partial charge on any atom is -0.496 e. The van der Waals surface area contributed by atoms with Gasteiger partial charge in [0.25, 0.3) is 0 Å². The van der Waals surface area contributed by atoms with Crippen molar-refractivity contribution in [3.63, 3.8) is 0 Å². The van der Waals surface area contributed by atoms with E-state index in [0.717, 1.165) is 28.9 Å². The second-order valence-electron chi connectivity index (χ2n) is 3.33. The Morgan fingerprint density at radius 1 is 1.50 bits per heavy atom. The van der Waals surface area contributed by atoms with Crippen LogP contribution in [0, 0.1) is 6.92 Å². The number of nitrogens with two attached hydrogens (primary N) is 1. The highest BCUT2D eigenvalue weighted by Gasteiger charge is 2.02. The molecule has 0 aliphatic carbocycles. The normalized spacial score (nSPS) is 9.93. The summed E-state index contributed by atoms with van der Waals surface area (Å²) in [5.41, 5.74) is 8.83. The number of aryl methyl sites for hydroxylation is 1. The fraction of sp³-hybridized carbons (Fsp3) is 0.333. The predicted octanol–water partition coefficient (Wildman–Crippen LogP) is 2.37. The van der Waals surface area contributed by atoms with Gasteiger partial charge in [-0.15, -0.1) is 0 Å². The Kier molecular flexibility index (Phi) is 3.72. The Balaban J connectivity index is 2.91. The highest BCUT2D eigenvalue weighted by Crippen LogP contribution is 2.23. The van der Waals surface area contributed by atoms with Crippen LogP contribution in [-0.4, -0.2) is 13.7 Å². The van der Waals surface area contributed by atoms with E-state index in [4.69, 9.17) is 10.5 Å². The zero-order valence-corrected chi connectivity index (χ0v) is 8.84. The number of ether oxygens (including phenoxy) is 1. The minimum absolute atomic E-state index is 0.643. The third kappa shape index (κ3) is 2.36. The summed E-state index contributed by atoms with van der Waals surface area (Å²) in [5.74, 6) is 0.911. The van der Waals surface area contributed by atoms with Gasteiger partial charge in [0.05, 0.1) is 7.11 Å². The van der Waals surface area contributed by atoms with Gasteiger partial charge < -0.3 is 10.5 Å². The molecule has 2 nitrogen and oxygen atoms in total. The van der Waals surface area contributed by atoms with Crippen LogP contribution in [0.1, 0.15) is 17.5 Å². The summed E-state index contributed by atoms with van der Waals surface area (Å²) in [7, 11) is 1.68. The van der Waals surface area contributed by atoms with Gasteiger partial charge in [-0.2, -0.15) is 0 Å². The van der Waals surface area contributed by atoms with Gasteiger partial charge >= 0.3 is 0 Å². The molecule has 0 radical (unpaired) electrons. The molecular formula is C12H17NO. The van der Waals surface area contributed by atoms with Crippen molar-refractivity contribution in [2.75, 3.05) is 13.7 Å². The highest BCUT2D eigenvalue weighted by atomic mass is 16.5. The van der Waals surface area contributed by atoms with E-state index in [-0.39, 0.29) is 0 Å². The van der Waals surface area contributed by atoms with Crippen LogP contribution in [0.4, 0.5) is 0 Å². The van der Waals surface area contributed by atoms with Gasteiger partial charge in [0.1, 0.15) is 5.75 Å². The average Bonchev–Trinajstić information content (AvgIpc) is 2.18. The topological polar surface area (TPSA) is 35.2 Å². The lowest BCUT2D eigenvalue weighted by molar-refractivity contribution is 0.411. The first kappa shape index (κ1) is 10.8. The number of rotatable bonds is 4. The van der Waals surface area contributed by atoms with E-state index in [2.05, 4.69) is 12.6 Å². The van der Waals surface area contributed by atoms with Crippen LogP contribution in [0.25, 0.3) is 5.57 Å². The first-order chi connectivity index (χ1) is 6.69. The zero-order chi connectivity index (χ0) is 10.6. The summed E-state index contributed by atoms with van der Waals surface area (Å²) in [4.78, 5) is 0. The third-order valence-electron chi connectivity index (χ3n) is 2.25. The summed E-state index contributed by atoms with van der Waals surface area (Å²) in [6, 6.07) is 6.06. The molecule has 0 aliphatic rings. The van der Waals surface area contributed by atoms with Crippen molar-refractivity contribution in [3.8, 4) is 5.75 Å². The van der Waals surface area contributed by atoms with Crippen molar-refractivity contribution < 1.29 is 4.74 Å². The molecule has 0 unspecified atom stereocenters. The second kappa shape index (κ2) is 4.82. The lowest BCUT2D eigenvalue weighted by Gasteiger charge is -2.08. The molecule has 0 fully saturated rings. The van der Waals surface area contributed by atoms with Crippen LogP contribution in [0.2, 0.25) is 0 Å². The van der Waals surface area contributed by atoms with Gasteiger partial charge in [0.2, 0.25) is 0 Å². The Bertz CT molecular complexity index is 331. The number of benzene rings is 1. The maximum absolute atomic E-state index is 5.48. The van der Waals surface area contributed by atoms with Crippen LogP contribution in [0.3, 0.4) is 0 Å². The molecule has 0 spiro atoms. The summed E-state index contributed by atoms with van der Waals surface area (Å²) >= 11 is 0. The van der Waals surface area contributed by atoms with Crippen LogP contribution in [0.15, 0.2) is 24.8 Å². The van der Waals surface area contributed by atoms with Gasteiger partial charge in [-0.3, -0.25) is 0 Å². The fourth-order valence-electron chi connectivity index (χ4n) is 1.42. The number of hydrogen-bond donors (Lipinski definition) is 1. The summed E-state index contributed by atoms with van der Waals surface area (Å²) in [6.45, 7) is 6.66. The molecule has 0 atom stereocenters. The molecule has 0 aliphatic heterocycles. The van der Waals surface area contributed by atoms with Crippen molar-refractivity contribution in [3.05, 3.63) is 35.9 Å². The van der Waals surface area contributed by atoms with Crippen LogP contribution in [0.5, 0.6) is 5.75 Å². The van der Waals surface area contributed by atoms with E-state index in [1.54, 1.807) is 7.11 Å². The third-order valence-corrected chi connectivity index (χ3v) is 2.25.